The molecule has 5 heteroatoms. The van der Waals surface area contributed by atoms with Gasteiger partial charge in [0.2, 0.25) is 0 Å². The van der Waals surface area contributed by atoms with Crippen molar-refractivity contribution >= 4 is 21.8 Å². The van der Waals surface area contributed by atoms with E-state index in [0.717, 1.165) is 30.4 Å². The first-order valence-electron chi connectivity index (χ1n) is 6.64. The van der Waals surface area contributed by atoms with E-state index in [1.54, 1.807) is 6.07 Å². The summed E-state index contributed by atoms with van der Waals surface area (Å²) in [6.45, 7) is 2.78. The van der Waals surface area contributed by atoms with E-state index in [1.807, 2.05) is 11.0 Å². The van der Waals surface area contributed by atoms with E-state index in [-0.39, 0.29) is 5.91 Å². The molecule has 102 valence electrons. The fourth-order valence-corrected chi connectivity index (χ4v) is 2.99. The molecule has 1 amide bonds. The minimum Gasteiger partial charge on any atom is -0.486 e. The van der Waals surface area contributed by atoms with Crippen molar-refractivity contribution in [1.82, 2.24) is 4.90 Å². The van der Waals surface area contributed by atoms with Crippen molar-refractivity contribution in [1.29, 1.82) is 0 Å². The van der Waals surface area contributed by atoms with Gasteiger partial charge in [0.15, 0.2) is 11.5 Å². The third-order valence-corrected chi connectivity index (χ3v) is 4.16. The van der Waals surface area contributed by atoms with Gasteiger partial charge in [0.05, 0.1) is 5.56 Å². The first-order chi connectivity index (χ1) is 9.25. The van der Waals surface area contributed by atoms with Gasteiger partial charge >= 0.3 is 0 Å². The number of benzene rings is 1. The highest BCUT2D eigenvalue weighted by Crippen LogP contribution is 2.36. The number of carbonyl (C=O) groups is 1. The number of halogens is 1. The molecule has 2 aliphatic rings. The molecule has 0 bridgehead atoms. The maximum atomic E-state index is 12.5. The molecule has 0 radical (unpaired) electrons. The van der Waals surface area contributed by atoms with Gasteiger partial charge in [-0.2, -0.15) is 0 Å². The number of fused-ring (bicyclic) bond motifs is 1. The van der Waals surface area contributed by atoms with Crippen LogP contribution in [0.2, 0.25) is 0 Å². The average molecular weight is 326 g/mol. The Balaban J connectivity index is 1.89. The zero-order valence-corrected chi connectivity index (χ0v) is 12.2. The van der Waals surface area contributed by atoms with Gasteiger partial charge in [0.25, 0.3) is 5.91 Å². The van der Waals surface area contributed by atoms with Crippen molar-refractivity contribution in [3.63, 3.8) is 0 Å². The lowest BCUT2D eigenvalue weighted by Crippen LogP contribution is -2.35. The Kier molecular flexibility index (Phi) is 3.64. The van der Waals surface area contributed by atoms with Gasteiger partial charge in [-0.1, -0.05) is 0 Å². The maximum absolute atomic E-state index is 12.5. The lowest BCUT2D eigenvalue weighted by molar-refractivity contribution is 0.0722. The van der Waals surface area contributed by atoms with Crippen LogP contribution in [0.4, 0.5) is 0 Å². The molecule has 1 aromatic carbocycles. The number of amides is 1. The Morgan fingerprint density at radius 1 is 1.05 bits per heavy atom. The third kappa shape index (κ3) is 2.56. The van der Waals surface area contributed by atoms with E-state index >= 15 is 0 Å². The van der Waals surface area contributed by atoms with Crippen LogP contribution >= 0.6 is 15.9 Å². The molecule has 3 rings (SSSR count). The SMILES string of the molecule is O=C(c1cc2c(cc1Br)OCCO2)N1CCCCC1. The third-order valence-electron chi connectivity index (χ3n) is 3.51. The van der Waals surface area contributed by atoms with Gasteiger partial charge in [0, 0.05) is 17.6 Å². The number of rotatable bonds is 1. The van der Waals surface area contributed by atoms with E-state index < -0.39 is 0 Å². The highest BCUT2D eigenvalue weighted by molar-refractivity contribution is 9.10. The van der Waals surface area contributed by atoms with Gasteiger partial charge in [-0.25, -0.2) is 0 Å². The zero-order valence-electron chi connectivity index (χ0n) is 10.7. The zero-order chi connectivity index (χ0) is 13.2. The van der Waals surface area contributed by atoms with Crippen molar-refractivity contribution in [2.24, 2.45) is 0 Å². The maximum Gasteiger partial charge on any atom is 0.255 e. The molecule has 0 aliphatic carbocycles. The second kappa shape index (κ2) is 5.41. The smallest absolute Gasteiger partial charge is 0.255 e. The Bertz CT molecular complexity index is 498. The summed E-state index contributed by atoms with van der Waals surface area (Å²) in [6.07, 6.45) is 3.40. The van der Waals surface area contributed by atoms with Crippen LogP contribution in [0.25, 0.3) is 0 Å². The van der Waals surface area contributed by atoms with Crippen LogP contribution in [0.1, 0.15) is 29.6 Å². The Hall–Kier alpha value is -1.23. The molecule has 0 unspecified atom stereocenters. The monoisotopic (exact) mass is 325 g/mol. The lowest BCUT2D eigenvalue weighted by Gasteiger charge is -2.28. The first-order valence-corrected chi connectivity index (χ1v) is 7.43. The molecule has 0 N–H and O–H groups in total. The number of likely N-dealkylation sites (tertiary alicyclic amines) is 1. The topological polar surface area (TPSA) is 38.8 Å². The predicted octanol–water partition coefficient (Wildman–Crippen LogP) is 2.85. The minimum absolute atomic E-state index is 0.0727. The predicted molar refractivity (Wildman–Crippen MR) is 74.9 cm³/mol. The fraction of sp³-hybridized carbons (Fsp3) is 0.500. The summed E-state index contributed by atoms with van der Waals surface area (Å²) in [4.78, 5) is 14.4. The van der Waals surface area contributed by atoms with E-state index in [1.165, 1.54) is 6.42 Å². The van der Waals surface area contributed by atoms with Crippen LogP contribution in [0.5, 0.6) is 11.5 Å². The normalized spacial score (nSPS) is 18.3. The molecule has 2 aliphatic heterocycles. The Morgan fingerprint density at radius 2 is 1.68 bits per heavy atom. The summed E-state index contributed by atoms with van der Waals surface area (Å²) in [5, 5.41) is 0. The summed E-state index contributed by atoms with van der Waals surface area (Å²) in [5.41, 5.74) is 0.658. The molecule has 0 aromatic heterocycles. The van der Waals surface area contributed by atoms with Crippen LogP contribution in [0.3, 0.4) is 0 Å². The average Bonchev–Trinajstić information content (AvgIpc) is 2.47. The minimum atomic E-state index is 0.0727. The summed E-state index contributed by atoms with van der Waals surface area (Å²) in [6, 6.07) is 3.61. The molecule has 4 nitrogen and oxygen atoms in total. The summed E-state index contributed by atoms with van der Waals surface area (Å²) in [7, 11) is 0. The highest BCUT2D eigenvalue weighted by atomic mass is 79.9. The van der Waals surface area contributed by atoms with Crippen LogP contribution in [0.15, 0.2) is 16.6 Å². The van der Waals surface area contributed by atoms with Crippen molar-refractivity contribution in [3.8, 4) is 11.5 Å². The Morgan fingerprint density at radius 3 is 2.37 bits per heavy atom. The van der Waals surface area contributed by atoms with Crippen molar-refractivity contribution in [3.05, 3.63) is 22.2 Å². The van der Waals surface area contributed by atoms with E-state index in [2.05, 4.69) is 15.9 Å². The molecule has 1 fully saturated rings. The van der Waals surface area contributed by atoms with Crippen molar-refractivity contribution in [2.75, 3.05) is 26.3 Å². The molecular weight excluding hydrogens is 310 g/mol. The lowest BCUT2D eigenvalue weighted by atomic mass is 10.1. The quantitative estimate of drug-likeness (QED) is 0.797. The van der Waals surface area contributed by atoms with Crippen molar-refractivity contribution < 1.29 is 14.3 Å². The second-order valence-electron chi connectivity index (χ2n) is 4.83. The van der Waals surface area contributed by atoms with E-state index in [9.17, 15) is 4.79 Å². The summed E-state index contributed by atoms with van der Waals surface area (Å²) < 4.78 is 11.8. The Labute approximate surface area is 120 Å². The molecule has 19 heavy (non-hydrogen) atoms. The van der Waals surface area contributed by atoms with Crippen molar-refractivity contribution in [2.45, 2.75) is 19.3 Å². The van der Waals surface area contributed by atoms with E-state index in [0.29, 0.717) is 30.3 Å². The number of hydrogen-bond acceptors (Lipinski definition) is 3. The molecule has 1 saturated heterocycles. The second-order valence-corrected chi connectivity index (χ2v) is 5.68. The molecular formula is C14H16BrNO3. The number of hydrogen-bond donors (Lipinski definition) is 0. The number of carbonyl (C=O) groups excluding carboxylic acids is 1. The summed E-state index contributed by atoms with van der Waals surface area (Å²) >= 11 is 3.46. The van der Waals surface area contributed by atoms with Crippen LogP contribution in [-0.4, -0.2) is 37.1 Å². The first kappa shape index (κ1) is 12.8. The number of piperidine rings is 1. The fourth-order valence-electron chi connectivity index (χ4n) is 2.50. The van der Waals surface area contributed by atoms with Gasteiger partial charge in [-0.05, 0) is 47.3 Å². The van der Waals surface area contributed by atoms with Crippen LogP contribution in [0, 0.1) is 0 Å². The molecule has 0 atom stereocenters. The standard InChI is InChI=1S/C14H16BrNO3/c15-11-9-13-12(18-6-7-19-13)8-10(11)14(17)16-4-2-1-3-5-16/h8-9H,1-7H2. The largest absolute Gasteiger partial charge is 0.486 e. The highest BCUT2D eigenvalue weighted by Gasteiger charge is 2.23. The number of nitrogens with zero attached hydrogens (tertiary/aromatic N) is 1. The number of ether oxygens (including phenoxy) is 2. The van der Waals surface area contributed by atoms with Crippen LogP contribution in [-0.2, 0) is 0 Å². The summed E-state index contributed by atoms with van der Waals surface area (Å²) in [5.74, 6) is 1.44. The molecule has 2 heterocycles. The van der Waals surface area contributed by atoms with Gasteiger partial charge in [0.1, 0.15) is 13.2 Å². The molecule has 0 spiro atoms. The van der Waals surface area contributed by atoms with Crippen LogP contribution < -0.4 is 9.47 Å². The molecule has 0 saturated carbocycles. The van der Waals surface area contributed by atoms with E-state index in [4.69, 9.17) is 9.47 Å². The van der Waals surface area contributed by atoms with Gasteiger partial charge < -0.3 is 14.4 Å². The molecule has 1 aromatic rings. The van der Waals surface area contributed by atoms with Gasteiger partial charge in [-0.15, -0.1) is 0 Å². The van der Waals surface area contributed by atoms with Gasteiger partial charge in [-0.3, -0.25) is 4.79 Å².